The van der Waals surface area contributed by atoms with E-state index in [1.165, 1.54) is 5.70 Å². The lowest BCUT2D eigenvalue weighted by atomic mass is 10.1. The number of nitrogens with zero attached hydrogens (tertiary/aromatic N) is 4. The largest absolute Gasteiger partial charge is 0.378 e. The van der Waals surface area contributed by atoms with Gasteiger partial charge in [0.05, 0.1) is 24.4 Å². The number of hydrogen-bond donors (Lipinski definition) is 2. The van der Waals surface area contributed by atoms with Crippen molar-refractivity contribution in [2.24, 2.45) is 5.73 Å². The second kappa shape index (κ2) is 8.95. The Hall–Kier alpha value is -2.77. The van der Waals surface area contributed by atoms with E-state index in [-0.39, 0.29) is 0 Å². The van der Waals surface area contributed by atoms with E-state index >= 15 is 0 Å². The number of rotatable bonds is 6. The number of anilines is 1. The molecule has 0 bridgehead atoms. The monoisotopic (exact) mass is 378 g/mol. The number of allylic oxidation sites excluding steroid dienone is 5. The third-order valence-corrected chi connectivity index (χ3v) is 4.92. The van der Waals surface area contributed by atoms with Crippen LogP contribution in [0.5, 0.6) is 0 Å². The third-order valence-electron chi connectivity index (χ3n) is 4.92. The van der Waals surface area contributed by atoms with Crippen molar-refractivity contribution in [3.63, 3.8) is 0 Å². The van der Waals surface area contributed by atoms with Gasteiger partial charge in [-0.2, -0.15) is 0 Å². The van der Waals surface area contributed by atoms with Gasteiger partial charge in [0.15, 0.2) is 5.82 Å². The van der Waals surface area contributed by atoms with Crippen LogP contribution in [0.4, 0.5) is 5.82 Å². The molecule has 3 N–H and O–H groups in total. The Balaban J connectivity index is 1.65. The van der Waals surface area contributed by atoms with Gasteiger partial charge in [0.1, 0.15) is 5.52 Å². The Labute approximate surface area is 165 Å². The Morgan fingerprint density at radius 2 is 2.00 bits per heavy atom. The standard InChI is InChI=1S/C21H26N6O/c22-7-2-8-25-21-20-19(23-9-10-24-20)15-18(26-21)16-3-1-4-17(6-5-16)27-11-13-28-14-12-27/h1,3,5-6,9-10,15H,2,4,7-8,11-14,22H2,(H,25,26). The van der Waals surface area contributed by atoms with E-state index in [0.29, 0.717) is 6.54 Å². The topological polar surface area (TPSA) is 89.2 Å². The van der Waals surface area contributed by atoms with E-state index in [0.717, 1.165) is 73.8 Å². The van der Waals surface area contributed by atoms with E-state index < -0.39 is 0 Å². The van der Waals surface area contributed by atoms with Crippen molar-refractivity contribution in [1.82, 2.24) is 19.9 Å². The Kier molecular flexibility index (Phi) is 5.94. The number of fused-ring (bicyclic) bond motifs is 1. The summed E-state index contributed by atoms with van der Waals surface area (Å²) in [7, 11) is 0. The highest BCUT2D eigenvalue weighted by molar-refractivity contribution is 5.89. The number of pyridine rings is 1. The zero-order valence-corrected chi connectivity index (χ0v) is 16.0. The van der Waals surface area contributed by atoms with E-state index in [1.807, 2.05) is 6.07 Å². The minimum Gasteiger partial charge on any atom is -0.378 e. The van der Waals surface area contributed by atoms with Gasteiger partial charge in [0, 0.05) is 49.7 Å². The fourth-order valence-electron chi connectivity index (χ4n) is 3.42. The Morgan fingerprint density at radius 3 is 2.86 bits per heavy atom. The van der Waals surface area contributed by atoms with Crippen LogP contribution in [0.1, 0.15) is 18.5 Å². The van der Waals surface area contributed by atoms with E-state index in [9.17, 15) is 0 Å². The summed E-state index contributed by atoms with van der Waals surface area (Å²) in [6.45, 7) is 4.87. The molecule has 3 heterocycles. The molecular weight excluding hydrogens is 352 g/mol. The quantitative estimate of drug-likeness (QED) is 0.746. The second-order valence-electron chi connectivity index (χ2n) is 6.84. The van der Waals surface area contributed by atoms with Crippen LogP contribution in [-0.4, -0.2) is 59.2 Å². The van der Waals surface area contributed by atoms with Gasteiger partial charge in [0.25, 0.3) is 0 Å². The first kappa shape index (κ1) is 18.6. The zero-order chi connectivity index (χ0) is 19.2. The second-order valence-corrected chi connectivity index (χ2v) is 6.84. The first-order valence-electron chi connectivity index (χ1n) is 9.81. The smallest absolute Gasteiger partial charge is 0.154 e. The molecule has 0 unspecified atom stereocenters. The van der Waals surface area contributed by atoms with Gasteiger partial charge in [-0.1, -0.05) is 18.2 Å². The fourth-order valence-corrected chi connectivity index (χ4v) is 3.42. The Bertz CT molecular complexity index is 914. The molecule has 0 spiro atoms. The molecule has 1 aliphatic heterocycles. The van der Waals surface area contributed by atoms with Crippen LogP contribution in [0.25, 0.3) is 16.6 Å². The molecule has 2 aromatic heterocycles. The number of hydrogen-bond acceptors (Lipinski definition) is 7. The zero-order valence-electron chi connectivity index (χ0n) is 16.0. The van der Waals surface area contributed by atoms with Gasteiger partial charge in [-0.25, -0.2) is 9.97 Å². The van der Waals surface area contributed by atoms with Gasteiger partial charge in [0.2, 0.25) is 0 Å². The van der Waals surface area contributed by atoms with Crippen molar-refractivity contribution in [3.05, 3.63) is 54.2 Å². The average Bonchev–Trinajstić information content (AvgIpc) is 3.01. The lowest BCUT2D eigenvalue weighted by molar-refractivity contribution is 0.0528. The minimum absolute atomic E-state index is 0.638. The lowest BCUT2D eigenvalue weighted by Gasteiger charge is -2.30. The average molecular weight is 378 g/mol. The van der Waals surface area contributed by atoms with Crippen molar-refractivity contribution in [2.75, 3.05) is 44.7 Å². The summed E-state index contributed by atoms with van der Waals surface area (Å²) in [5, 5.41) is 3.36. The first-order valence-corrected chi connectivity index (χ1v) is 9.81. The van der Waals surface area contributed by atoms with Crippen LogP contribution in [-0.2, 0) is 4.74 Å². The maximum atomic E-state index is 5.62. The van der Waals surface area contributed by atoms with Crippen molar-refractivity contribution in [1.29, 1.82) is 0 Å². The molecule has 1 fully saturated rings. The van der Waals surface area contributed by atoms with Crippen LogP contribution >= 0.6 is 0 Å². The van der Waals surface area contributed by atoms with E-state index in [2.05, 4.69) is 44.5 Å². The van der Waals surface area contributed by atoms with E-state index in [4.69, 9.17) is 15.5 Å². The molecule has 0 aromatic carbocycles. The molecule has 2 aromatic rings. The third kappa shape index (κ3) is 4.21. The summed E-state index contributed by atoms with van der Waals surface area (Å²) >= 11 is 0. The van der Waals surface area contributed by atoms with Crippen molar-refractivity contribution in [3.8, 4) is 0 Å². The van der Waals surface area contributed by atoms with Crippen LogP contribution in [0.15, 0.2) is 48.5 Å². The molecule has 7 nitrogen and oxygen atoms in total. The summed E-state index contributed by atoms with van der Waals surface area (Å²) in [5.41, 5.74) is 10.5. The predicted octanol–water partition coefficient (Wildman–Crippen LogP) is 2.34. The van der Waals surface area contributed by atoms with Gasteiger partial charge in [-0.15, -0.1) is 0 Å². The summed E-state index contributed by atoms with van der Waals surface area (Å²) in [6.07, 6.45) is 13.9. The molecule has 7 heteroatoms. The van der Waals surface area contributed by atoms with Crippen LogP contribution < -0.4 is 11.1 Å². The molecule has 28 heavy (non-hydrogen) atoms. The molecule has 0 radical (unpaired) electrons. The number of nitrogens with two attached hydrogens (primary N) is 1. The normalized spacial score (nSPS) is 17.2. The summed E-state index contributed by atoms with van der Waals surface area (Å²) < 4.78 is 5.47. The lowest BCUT2D eigenvalue weighted by Crippen LogP contribution is -2.35. The highest BCUT2D eigenvalue weighted by Gasteiger charge is 2.15. The summed E-state index contributed by atoms with van der Waals surface area (Å²) in [4.78, 5) is 16.2. The number of morpholine rings is 1. The molecule has 4 rings (SSSR count). The molecule has 1 saturated heterocycles. The van der Waals surface area contributed by atoms with Gasteiger partial charge >= 0.3 is 0 Å². The SMILES string of the molecule is NCCCNc1nc(C2=CC=C(N3CCOCC3)CC=C2)cc2nccnc12. The highest BCUT2D eigenvalue weighted by Crippen LogP contribution is 2.26. The molecular formula is C21H26N6O. The molecule has 146 valence electrons. The summed E-state index contributed by atoms with van der Waals surface area (Å²) in [5.74, 6) is 0.755. The predicted molar refractivity (Wildman–Crippen MR) is 112 cm³/mol. The Morgan fingerprint density at radius 1 is 1.14 bits per heavy atom. The number of nitrogens with one attached hydrogen (secondary N) is 1. The molecule has 2 aliphatic rings. The molecule has 0 saturated carbocycles. The maximum absolute atomic E-state index is 5.62. The minimum atomic E-state index is 0.638. The molecule has 1 aliphatic carbocycles. The van der Waals surface area contributed by atoms with Crippen molar-refractivity contribution < 1.29 is 4.74 Å². The summed E-state index contributed by atoms with van der Waals surface area (Å²) in [6, 6.07) is 2.00. The highest BCUT2D eigenvalue weighted by atomic mass is 16.5. The van der Waals surface area contributed by atoms with Gasteiger partial charge in [-0.05, 0) is 25.1 Å². The van der Waals surface area contributed by atoms with Crippen molar-refractivity contribution in [2.45, 2.75) is 12.8 Å². The molecule has 0 amide bonds. The fraction of sp³-hybridized carbons (Fsp3) is 0.381. The van der Waals surface area contributed by atoms with Gasteiger partial charge < -0.3 is 20.7 Å². The van der Waals surface area contributed by atoms with Crippen LogP contribution in [0.3, 0.4) is 0 Å². The number of aromatic nitrogens is 3. The molecule has 0 atom stereocenters. The van der Waals surface area contributed by atoms with Crippen LogP contribution in [0, 0.1) is 0 Å². The van der Waals surface area contributed by atoms with Gasteiger partial charge in [-0.3, -0.25) is 4.98 Å². The first-order chi connectivity index (χ1) is 13.8. The van der Waals surface area contributed by atoms with E-state index in [1.54, 1.807) is 12.4 Å². The number of ether oxygens (including phenoxy) is 1. The van der Waals surface area contributed by atoms with Crippen molar-refractivity contribution >= 4 is 22.4 Å². The van der Waals surface area contributed by atoms with Crippen LogP contribution in [0.2, 0.25) is 0 Å². The maximum Gasteiger partial charge on any atom is 0.154 e.